The fourth-order valence-electron chi connectivity index (χ4n) is 3.70. The van der Waals surface area contributed by atoms with Crippen molar-refractivity contribution in [2.24, 2.45) is 4.99 Å². The van der Waals surface area contributed by atoms with E-state index in [0.717, 1.165) is 35.1 Å². The SMILES string of the molecule is CN=C(NCc1ncc(-c2ccccc2)[nH]1)N1CC(C)OC(c2ccc(F)cc2)C1. The van der Waals surface area contributed by atoms with Gasteiger partial charge in [0.05, 0.1) is 31.1 Å². The summed E-state index contributed by atoms with van der Waals surface area (Å²) in [5.41, 5.74) is 3.05. The molecule has 1 aromatic heterocycles. The van der Waals surface area contributed by atoms with Gasteiger partial charge in [-0.05, 0) is 30.2 Å². The first-order valence-electron chi connectivity index (χ1n) is 10.1. The number of rotatable bonds is 4. The quantitative estimate of drug-likeness (QED) is 0.511. The second-order valence-electron chi connectivity index (χ2n) is 7.40. The van der Waals surface area contributed by atoms with Gasteiger partial charge in [-0.3, -0.25) is 4.99 Å². The van der Waals surface area contributed by atoms with Gasteiger partial charge in [-0.2, -0.15) is 0 Å². The van der Waals surface area contributed by atoms with Crippen LogP contribution in [0.15, 0.2) is 65.8 Å². The smallest absolute Gasteiger partial charge is 0.194 e. The minimum Gasteiger partial charge on any atom is -0.367 e. The number of hydrogen-bond donors (Lipinski definition) is 2. The van der Waals surface area contributed by atoms with E-state index in [0.29, 0.717) is 13.1 Å². The summed E-state index contributed by atoms with van der Waals surface area (Å²) in [5, 5.41) is 3.39. The topological polar surface area (TPSA) is 65.5 Å². The first-order chi connectivity index (χ1) is 14.6. The molecular weight excluding hydrogens is 381 g/mol. The number of benzene rings is 2. The van der Waals surface area contributed by atoms with Crippen molar-refractivity contribution in [2.45, 2.75) is 25.7 Å². The highest BCUT2D eigenvalue weighted by atomic mass is 19.1. The standard InChI is InChI=1S/C23H26FN5O/c1-16-14-29(15-21(30-16)18-8-10-19(24)11-9-18)23(25-2)27-13-22-26-12-20(28-22)17-6-4-3-5-7-17/h3-12,16,21H,13-15H2,1-2H3,(H,25,27)(H,26,28). The lowest BCUT2D eigenvalue weighted by Crippen LogP contribution is -2.50. The maximum absolute atomic E-state index is 13.3. The highest BCUT2D eigenvalue weighted by molar-refractivity contribution is 5.80. The molecule has 156 valence electrons. The van der Waals surface area contributed by atoms with Crippen molar-refractivity contribution in [3.05, 3.63) is 78.0 Å². The second kappa shape index (κ2) is 9.09. The fourth-order valence-corrected chi connectivity index (χ4v) is 3.70. The lowest BCUT2D eigenvalue weighted by Gasteiger charge is -2.38. The Balaban J connectivity index is 1.41. The molecule has 0 aliphatic carbocycles. The van der Waals surface area contributed by atoms with Crippen molar-refractivity contribution in [1.82, 2.24) is 20.2 Å². The number of morpholine rings is 1. The summed E-state index contributed by atoms with van der Waals surface area (Å²) in [6, 6.07) is 16.6. The molecule has 0 radical (unpaired) electrons. The molecule has 1 saturated heterocycles. The van der Waals surface area contributed by atoms with Gasteiger partial charge in [0.1, 0.15) is 17.7 Å². The third-order valence-electron chi connectivity index (χ3n) is 5.14. The third-order valence-corrected chi connectivity index (χ3v) is 5.14. The van der Waals surface area contributed by atoms with Crippen molar-refractivity contribution in [2.75, 3.05) is 20.1 Å². The summed E-state index contributed by atoms with van der Waals surface area (Å²) in [4.78, 5) is 14.4. The maximum Gasteiger partial charge on any atom is 0.194 e. The van der Waals surface area contributed by atoms with Gasteiger partial charge < -0.3 is 19.9 Å². The monoisotopic (exact) mass is 407 g/mol. The summed E-state index contributed by atoms with van der Waals surface area (Å²) < 4.78 is 19.4. The second-order valence-corrected chi connectivity index (χ2v) is 7.40. The van der Waals surface area contributed by atoms with Crippen molar-refractivity contribution in [3.8, 4) is 11.3 Å². The van der Waals surface area contributed by atoms with Gasteiger partial charge in [0.15, 0.2) is 5.96 Å². The van der Waals surface area contributed by atoms with E-state index in [9.17, 15) is 4.39 Å². The molecule has 1 fully saturated rings. The van der Waals surface area contributed by atoms with Crippen LogP contribution in [0, 0.1) is 5.82 Å². The summed E-state index contributed by atoms with van der Waals surface area (Å²) in [5.74, 6) is 1.38. The number of aromatic amines is 1. The fraction of sp³-hybridized carbons (Fsp3) is 0.304. The van der Waals surface area contributed by atoms with Crippen LogP contribution in [0.25, 0.3) is 11.3 Å². The Bertz CT molecular complexity index is 986. The number of guanidine groups is 1. The molecule has 6 nitrogen and oxygen atoms in total. The average molecular weight is 407 g/mol. The molecule has 0 amide bonds. The molecule has 2 heterocycles. The summed E-state index contributed by atoms with van der Waals surface area (Å²) in [7, 11) is 1.77. The number of ether oxygens (including phenoxy) is 1. The zero-order valence-electron chi connectivity index (χ0n) is 17.2. The van der Waals surface area contributed by atoms with Crippen LogP contribution in [0.2, 0.25) is 0 Å². The molecule has 7 heteroatoms. The number of aromatic nitrogens is 2. The van der Waals surface area contributed by atoms with Gasteiger partial charge in [-0.1, -0.05) is 42.5 Å². The summed E-state index contributed by atoms with van der Waals surface area (Å²) >= 11 is 0. The average Bonchev–Trinajstić information content (AvgIpc) is 3.24. The minimum absolute atomic E-state index is 0.0284. The predicted molar refractivity (Wildman–Crippen MR) is 115 cm³/mol. The van der Waals surface area contributed by atoms with Crippen LogP contribution in [0.1, 0.15) is 24.4 Å². The van der Waals surface area contributed by atoms with E-state index >= 15 is 0 Å². The van der Waals surface area contributed by atoms with Crippen LogP contribution in [0.5, 0.6) is 0 Å². The van der Waals surface area contributed by atoms with Crippen molar-refractivity contribution in [3.63, 3.8) is 0 Å². The molecule has 0 bridgehead atoms. The number of nitrogens with zero attached hydrogens (tertiary/aromatic N) is 3. The number of imidazole rings is 1. The van der Waals surface area contributed by atoms with Gasteiger partial charge in [0.25, 0.3) is 0 Å². The Labute approximate surface area is 175 Å². The van der Waals surface area contributed by atoms with E-state index in [1.54, 1.807) is 19.2 Å². The van der Waals surface area contributed by atoms with E-state index in [2.05, 4.69) is 25.2 Å². The Morgan fingerprint density at radius 1 is 1.20 bits per heavy atom. The lowest BCUT2D eigenvalue weighted by molar-refractivity contribution is -0.0605. The molecule has 2 N–H and O–H groups in total. The molecule has 0 spiro atoms. The predicted octanol–water partition coefficient (Wildman–Crippen LogP) is 3.75. The number of hydrogen-bond acceptors (Lipinski definition) is 3. The maximum atomic E-state index is 13.3. The molecule has 30 heavy (non-hydrogen) atoms. The lowest BCUT2D eigenvalue weighted by atomic mass is 10.1. The number of halogens is 1. The molecule has 0 saturated carbocycles. The number of nitrogens with one attached hydrogen (secondary N) is 2. The van der Waals surface area contributed by atoms with E-state index < -0.39 is 0 Å². The summed E-state index contributed by atoms with van der Waals surface area (Å²) in [6.07, 6.45) is 1.73. The van der Waals surface area contributed by atoms with E-state index in [-0.39, 0.29) is 18.0 Å². The van der Waals surface area contributed by atoms with Crippen LogP contribution >= 0.6 is 0 Å². The van der Waals surface area contributed by atoms with Crippen LogP contribution < -0.4 is 5.32 Å². The van der Waals surface area contributed by atoms with Crippen LogP contribution in [-0.4, -0.2) is 47.1 Å². The van der Waals surface area contributed by atoms with Crippen molar-refractivity contribution in [1.29, 1.82) is 0 Å². The molecule has 1 aliphatic heterocycles. The Morgan fingerprint density at radius 2 is 1.97 bits per heavy atom. The third kappa shape index (κ3) is 4.68. The van der Waals surface area contributed by atoms with Gasteiger partial charge in [0, 0.05) is 13.6 Å². The van der Waals surface area contributed by atoms with Crippen LogP contribution in [0.3, 0.4) is 0 Å². The summed E-state index contributed by atoms with van der Waals surface area (Å²) in [6.45, 7) is 3.94. The normalized spacial score (nSPS) is 19.7. The zero-order valence-corrected chi connectivity index (χ0v) is 17.2. The van der Waals surface area contributed by atoms with E-state index in [4.69, 9.17) is 4.74 Å². The van der Waals surface area contributed by atoms with Crippen LogP contribution in [0.4, 0.5) is 4.39 Å². The Hall–Kier alpha value is -3.19. The first-order valence-corrected chi connectivity index (χ1v) is 10.1. The first kappa shape index (κ1) is 20.1. The minimum atomic E-state index is -0.245. The Kier molecular flexibility index (Phi) is 6.09. The van der Waals surface area contributed by atoms with Crippen molar-refractivity contribution >= 4 is 5.96 Å². The highest BCUT2D eigenvalue weighted by Crippen LogP contribution is 2.25. The molecule has 1 aliphatic rings. The molecule has 4 rings (SSSR count). The van der Waals surface area contributed by atoms with Gasteiger partial charge in [-0.15, -0.1) is 0 Å². The van der Waals surface area contributed by atoms with Crippen LogP contribution in [-0.2, 0) is 11.3 Å². The number of aliphatic imine (C=N–C) groups is 1. The zero-order chi connectivity index (χ0) is 20.9. The highest BCUT2D eigenvalue weighted by Gasteiger charge is 2.28. The largest absolute Gasteiger partial charge is 0.367 e. The van der Waals surface area contributed by atoms with Gasteiger partial charge in [0.2, 0.25) is 0 Å². The molecule has 3 aromatic rings. The van der Waals surface area contributed by atoms with Crippen molar-refractivity contribution < 1.29 is 9.13 Å². The van der Waals surface area contributed by atoms with Gasteiger partial charge in [-0.25, -0.2) is 9.37 Å². The van der Waals surface area contributed by atoms with E-state index in [1.165, 1.54) is 12.1 Å². The van der Waals surface area contributed by atoms with Gasteiger partial charge >= 0.3 is 0 Å². The Morgan fingerprint density at radius 3 is 2.70 bits per heavy atom. The molecule has 2 aromatic carbocycles. The number of H-pyrrole nitrogens is 1. The molecular formula is C23H26FN5O. The molecule has 2 unspecified atom stereocenters. The van der Waals surface area contributed by atoms with E-state index in [1.807, 2.05) is 43.5 Å². The molecule has 2 atom stereocenters.